The topological polar surface area (TPSA) is 170 Å². The lowest BCUT2D eigenvalue weighted by atomic mass is 9.93. The van der Waals surface area contributed by atoms with Gasteiger partial charge in [0.2, 0.25) is 11.8 Å². The molecule has 306 valence electrons. The highest BCUT2D eigenvalue weighted by Gasteiger charge is 2.39. The van der Waals surface area contributed by atoms with E-state index < -0.39 is 29.8 Å². The lowest BCUT2D eigenvalue weighted by Crippen LogP contribution is -2.51. The van der Waals surface area contributed by atoms with Crippen molar-refractivity contribution in [1.82, 2.24) is 40.5 Å². The number of carbonyl (C=O) groups is 3. The number of rotatable bonds is 14. The van der Waals surface area contributed by atoms with Crippen molar-refractivity contribution < 1.29 is 37.5 Å². The number of halogens is 2. The van der Waals surface area contributed by atoms with Gasteiger partial charge >= 0.3 is 6.09 Å². The fraction of sp³-hybridized carbons (Fsp3) is 0.615. The number of anilines is 1. The summed E-state index contributed by atoms with van der Waals surface area (Å²) < 4.78 is 41.2. The molecule has 0 bridgehead atoms. The molecule has 3 fully saturated rings. The summed E-state index contributed by atoms with van der Waals surface area (Å²) >= 11 is 0. The Morgan fingerprint density at radius 3 is 1.96 bits per heavy atom. The van der Waals surface area contributed by atoms with Crippen molar-refractivity contribution >= 4 is 23.6 Å². The van der Waals surface area contributed by atoms with Gasteiger partial charge in [-0.05, 0) is 62.5 Å². The molecule has 4 N–H and O–H groups in total. The molecule has 0 unspecified atom stereocenters. The predicted molar refractivity (Wildman–Crippen MR) is 203 cm³/mol. The Hall–Kier alpha value is -4.61. The van der Waals surface area contributed by atoms with Crippen LogP contribution in [0.1, 0.15) is 102 Å². The van der Waals surface area contributed by atoms with Gasteiger partial charge in [-0.3, -0.25) is 14.4 Å². The van der Waals surface area contributed by atoms with Crippen molar-refractivity contribution in [3.05, 3.63) is 53.5 Å². The van der Waals surface area contributed by atoms with Gasteiger partial charge in [0, 0.05) is 56.7 Å². The molecule has 15 nitrogen and oxygen atoms in total. The number of carbonyl (C=O) groups excluding carboxylic acids is 3. The first-order valence-electron chi connectivity index (χ1n) is 19.6. The normalized spacial score (nSPS) is 20.3. The van der Waals surface area contributed by atoms with Crippen LogP contribution < -0.4 is 15.7 Å². The first kappa shape index (κ1) is 41.0. The zero-order valence-electron chi connectivity index (χ0n) is 33.1. The Balaban J connectivity index is 1.08. The van der Waals surface area contributed by atoms with Crippen LogP contribution in [0.15, 0.2) is 24.5 Å². The number of likely N-dealkylation sites (tertiary alicyclic amines) is 2. The Labute approximate surface area is 326 Å². The van der Waals surface area contributed by atoms with Crippen LogP contribution in [0.2, 0.25) is 0 Å². The van der Waals surface area contributed by atoms with Crippen molar-refractivity contribution in [3.8, 4) is 11.3 Å². The molecule has 3 aromatic rings. The molecule has 2 aromatic heterocycles. The van der Waals surface area contributed by atoms with Crippen LogP contribution in [-0.2, 0) is 23.9 Å². The van der Waals surface area contributed by atoms with Crippen LogP contribution in [0, 0.1) is 23.5 Å². The number of nitrogens with one attached hydrogen (secondary N) is 4. The third-order valence-corrected chi connectivity index (χ3v) is 11.2. The number of hydrogen-bond donors (Lipinski definition) is 4. The van der Waals surface area contributed by atoms with Crippen LogP contribution in [0.4, 0.5) is 19.3 Å². The monoisotopic (exact) mass is 783 g/mol. The molecule has 3 saturated heterocycles. The summed E-state index contributed by atoms with van der Waals surface area (Å²) in [5.74, 6) is -0.437. The van der Waals surface area contributed by atoms with Gasteiger partial charge in [-0.1, -0.05) is 27.7 Å². The van der Waals surface area contributed by atoms with E-state index >= 15 is 8.78 Å². The molecular formula is C39H55F2N9O6. The molecule has 3 aliphatic heterocycles. The number of H-pyrrole nitrogens is 2. The summed E-state index contributed by atoms with van der Waals surface area (Å²) in [6.07, 6.45) is 7.06. The third-order valence-electron chi connectivity index (χ3n) is 11.2. The van der Waals surface area contributed by atoms with Crippen LogP contribution in [0.5, 0.6) is 0 Å². The summed E-state index contributed by atoms with van der Waals surface area (Å²) in [4.78, 5) is 65.5. The quantitative estimate of drug-likeness (QED) is 0.0954. The van der Waals surface area contributed by atoms with Gasteiger partial charge in [0.1, 0.15) is 41.1 Å². The lowest BCUT2D eigenvalue weighted by Gasteiger charge is -2.33. The highest BCUT2D eigenvalue weighted by atomic mass is 19.1. The lowest BCUT2D eigenvalue weighted by molar-refractivity contribution is -0.147. The molecule has 1 aromatic carbocycles. The van der Waals surface area contributed by atoms with Crippen LogP contribution in [-0.4, -0.2) is 107 Å². The molecule has 17 heteroatoms. The van der Waals surface area contributed by atoms with Crippen molar-refractivity contribution in [1.29, 1.82) is 0 Å². The number of ether oxygens (including phenoxy) is 2. The maximum absolute atomic E-state index is 15.8. The summed E-state index contributed by atoms with van der Waals surface area (Å²) in [5, 5.41) is 2.63. The number of amides is 3. The maximum Gasteiger partial charge on any atom is 0.407 e. The molecule has 3 amide bonds. The first-order chi connectivity index (χ1) is 26.9. The van der Waals surface area contributed by atoms with E-state index in [1.54, 1.807) is 9.80 Å². The third kappa shape index (κ3) is 8.84. The average molecular weight is 784 g/mol. The largest absolute Gasteiger partial charge is 0.453 e. The van der Waals surface area contributed by atoms with Crippen molar-refractivity contribution in [3.63, 3.8) is 0 Å². The van der Waals surface area contributed by atoms with E-state index in [4.69, 9.17) is 19.3 Å². The summed E-state index contributed by atoms with van der Waals surface area (Å²) in [6, 6.07) is 0.767. The number of methoxy groups -OCH3 is 2. The number of benzene rings is 1. The molecular weight excluding hydrogens is 728 g/mol. The summed E-state index contributed by atoms with van der Waals surface area (Å²) in [6.45, 7) is 9.66. The van der Waals surface area contributed by atoms with Gasteiger partial charge in [0.25, 0.3) is 0 Å². The standard InChI is InChI=1S/C39H55F2N9O6/c1-22(2)32(46-39(53)55-6)37(51)49-13-7-9-30(49)36-43-20-29(45-36)25-17-26(40)34(27(41)18-25)48-15-11-24(12-16-48)28-19-42-35(44-28)31-10-8-14-50(31)38(52)33(23(3)4)47-56-21-54-5/h17-20,22-24,30-33,47H,7-16,21H2,1-6H3,(H,42,44)(H,43,45)(H,46,53)/t30-,31-,32+,33+/m0/s1. The highest BCUT2D eigenvalue weighted by Crippen LogP contribution is 2.38. The number of hydrogen-bond acceptors (Lipinski definition) is 10. The number of piperidine rings is 1. The van der Waals surface area contributed by atoms with E-state index in [1.807, 2.05) is 38.8 Å². The second-order valence-electron chi connectivity index (χ2n) is 15.6. The summed E-state index contributed by atoms with van der Waals surface area (Å²) in [7, 11) is 2.77. The minimum atomic E-state index is -0.774. The van der Waals surface area contributed by atoms with Gasteiger partial charge in [-0.25, -0.2) is 23.5 Å². The molecule has 5 heterocycles. The fourth-order valence-electron chi connectivity index (χ4n) is 8.16. The average Bonchev–Trinajstić information content (AvgIpc) is 4.01. The number of nitrogens with zero attached hydrogens (tertiary/aromatic N) is 5. The van der Waals surface area contributed by atoms with Gasteiger partial charge in [-0.15, -0.1) is 0 Å². The Bertz CT molecular complexity index is 1800. The van der Waals surface area contributed by atoms with Crippen molar-refractivity contribution in [2.45, 2.75) is 96.3 Å². The zero-order chi connectivity index (χ0) is 40.1. The van der Waals surface area contributed by atoms with Gasteiger partial charge in [0.05, 0.1) is 31.1 Å². The van der Waals surface area contributed by atoms with E-state index in [2.05, 4.69) is 25.7 Å². The van der Waals surface area contributed by atoms with E-state index in [1.165, 1.54) is 32.5 Å². The Morgan fingerprint density at radius 2 is 1.39 bits per heavy atom. The second-order valence-corrected chi connectivity index (χ2v) is 15.6. The molecule has 4 atom stereocenters. The summed E-state index contributed by atoms with van der Waals surface area (Å²) in [5.41, 5.74) is 4.49. The van der Waals surface area contributed by atoms with Crippen LogP contribution in [0.25, 0.3) is 11.3 Å². The number of aromatic amines is 2. The Morgan fingerprint density at radius 1 is 0.821 bits per heavy atom. The number of hydroxylamine groups is 1. The van der Waals surface area contributed by atoms with Crippen molar-refractivity contribution in [2.75, 3.05) is 52.1 Å². The van der Waals surface area contributed by atoms with Crippen LogP contribution in [0.3, 0.4) is 0 Å². The zero-order valence-corrected chi connectivity index (χ0v) is 33.1. The smallest absolute Gasteiger partial charge is 0.407 e. The van der Waals surface area contributed by atoms with E-state index in [9.17, 15) is 14.4 Å². The molecule has 3 aliphatic rings. The van der Waals surface area contributed by atoms with E-state index in [-0.39, 0.29) is 54.1 Å². The number of imidazole rings is 2. The molecule has 0 radical (unpaired) electrons. The number of alkyl carbamates (subject to hydrolysis) is 1. The molecule has 0 aliphatic carbocycles. The van der Waals surface area contributed by atoms with Gasteiger partial charge in [-0.2, -0.15) is 5.48 Å². The van der Waals surface area contributed by atoms with Crippen LogP contribution >= 0.6 is 0 Å². The predicted octanol–water partition coefficient (Wildman–Crippen LogP) is 5.32. The molecule has 56 heavy (non-hydrogen) atoms. The highest BCUT2D eigenvalue weighted by molar-refractivity contribution is 5.86. The van der Waals surface area contributed by atoms with Crippen molar-refractivity contribution in [2.24, 2.45) is 11.8 Å². The maximum atomic E-state index is 15.8. The second kappa shape index (κ2) is 18.1. The molecule has 0 spiro atoms. The number of aromatic nitrogens is 4. The minimum Gasteiger partial charge on any atom is -0.453 e. The Kier molecular flexibility index (Phi) is 13.3. The SMILES string of the molecule is COCON[C@@H](C(=O)N1CCC[C@H]1c1ncc(C2CCN(c3c(F)cc(-c4cnc([C@@H]5CCCN5C(=O)[C@H](NC(=O)OC)C(C)C)[nH]4)cc3F)CC2)[nH]1)C(C)C. The fourth-order valence-corrected chi connectivity index (χ4v) is 8.16. The minimum absolute atomic E-state index is 0.00311. The van der Waals surface area contributed by atoms with Gasteiger partial charge < -0.3 is 39.5 Å². The van der Waals surface area contributed by atoms with Gasteiger partial charge in [0.15, 0.2) is 6.79 Å². The molecule has 6 rings (SSSR count). The van der Waals surface area contributed by atoms with E-state index in [0.717, 1.165) is 30.8 Å². The molecule has 0 saturated carbocycles. The van der Waals surface area contributed by atoms with E-state index in [0.29, 0.717) is 62.5 Å². The first-order valence-corrected chi connectivity index (χ1v) is 19.6.